The predicted octanol–water partition coefficient (Wildman–Crippen LogP) is 1.75. The van der Waals surface area contributed by atoms with Gasteiger partial charge >= 0.3 is 0 Å². The molecule has 2 atom stereocenters. The molecule has 7 heteroatoms. The summed E-state index contributed by atoms with van der Waals surface area (Å²) in [7, 11) is 0. The van der Waals surface area contributed by atoms with E-state index in [1.807, 2.05) is 11.8 Å². The van der Waals surface area contributed by atoms with Gasteiger partial charge < -0.3 is 19.8 Å². The molecule has 0 saturated carbocycles. The van der Waals surface area contributed by atoms with Crippen LogP contribution in [0, 0.1) is 0 Å². The molecule has 2 aliphatic rings. The van der Waals surface area contributed by atoms with Gasteiger partial charge in [0.15, 0.2) is 5.16 Å². The smallest absolute Gasteiger partial charge is 0.191 e. The summed E-state index contributed by atoms with van der Waals surface area (Å²) in [6, 6.07) is 0.324. The second-order valence-corrected chi connectivity index (χ2v) is 7.40. The molecule has 0 aliphatic carbocycles. The molecule has 0 bridgehead atoms. The number of hydrogen-bond donors (Lipinski definition) is 1. The first kappa shape index (κ1) is 15.3. The Morgan fingerprint density at radius 3 is 2.95 bits per heavy atom. The zero-order chi connectivity index (χ0) is 14.9. The van der Waals surface area contributed by atoms with E-state index in [1.54, 1.807) is 0 Å². The van der Waals surface area contributed by atoms with Gasteiger partial charge in [0.1, 0.15) is 5.82 Å². The van der Waals surface area contributed by atoms with Crippen LogP contribution in [-0.4, -0.2) is 45.4 Å². The van der Waals surface area contributed by atoms with Gasteiger partial charge in [-0.3, -0.25) is 0 Å². The van der Waals surface area contributed by atoms with E-state index < -0.39 is 0 Å². The first-order valence-electron chi connectivity index (χ1n) is 7.66. The summed E-state index contributed by atoms with van der Waals surface area (Å²) in [5, 5.41) is 10.0. The standard InChI is InChI=1S/C14H24N4O2S/c1-10(2)18-12(8-15)16-17-13(18)21-11-3-5-20-14(7-11)4-6-19-9-14/h10-11H,3-9,15H2,1-2H3. The topological polar surface area (TPSA) is 75.2 Å². The van der Waals surface area contributed by atoms with Crippen LogP contribution in [0.15, 0.2) is 5.16 Å². The summed E-state index contributed by atoms with van der Waals surface area (Å²) >= 11 is 1.81. The monoisotopic (exact) mass is 312 g/mol. The van der Waals surface area contributed by atoms with E-state index in [4.69, 9.17) is 15.2 Å². The molecule has 3 rings (SSSR count). The molecular weight excluding hydrogens is 288 g/mol. The predicted molar refractivity (Wildman–Crippen MR) is 81.3 cm³/mol. The van der Waals surface area contributed by atoms with Crippen LogP contribution in [0.3, 0.4) is 0 Å². The SMILES string of the molecule is CC(C)n1c(CN)nnc1SC1CCOC2(CCOC2)C1. The number of thioether (sulfide) groups is 1. The fraction of sp³-hybridized carbons (Fsp3) is 0.857. The van der Waals surface area contributed by atoms with Crippen LogP contribution >= 0.6 is 11.8 Å². The first-order valence-corrected chi connectivity index (χ1v) is 8.54. The molecule has 2 saturated heterocycles. The average molecular weight is 312 g/mol. The minimum Gasteiger partial charge on any atom is -0.378 e. The molecule has 1 aromatic rings. The van der Waals surface area contributed by atoms with Crippen LogP contribution in [0.25, 0.3) is 0 Å². The van der Waals surface area contributed by atoms with Gasteiger partial charge in [0, 0.05) is 30.9 Å². The fourth-order valence-corrected chi connectivity index (χ4v) is 4.56. The molecule has 2 N–H and O–H groups in total. The number of nitrogens with two attached hydrogens (primary N) is 1. The molecule has 2 aliphatic heterocycles. The van der Waals surface area contributed by atoms with Gasteiger partial charge in [-0.2, -0.15) is 0 Å². The van der Waals surface area contributed by atoms with Gasteiger partial charge in [-0.1, -0.05) is 11.8 Å². The van der Waals surface area contributed by atoms with Crippen molar-refractivity contribution in [1.29, 1.82) is 0 Å². The Kier molecular flexibility index (Phi) is 4.54. The summed E-state index contributed by atoms with van der Waals surface area (Å²) in [4.78, 5) is 0. The van der Waals surface area contributed by atoms with Gasteiger partial charge in [-0.15, -0.1) is 10.2 Å². The summed E-state index contributed by atoms with van der Waals surface area (Å²) in [6.07, 6.45) is 3.09. The average Bonchev–Trinajstić information content (AvgIpc) is 3.06. The van der Waals surface area contributed by atoms with Crippen molar-refractivity contribution in [3.63, 3.8) is 0 Å². The van der Waals surface area contributed by atoms with Gasteiger partial charge in [-0.25, -0.2) is 0 Å². The molecule has 118 valence electrons. The van der Waals surface area contributed by atoms with Crippen LogP contribution in [-0.2, 0) is 16.0 Å². The van der Waals surface area contributed by atoms with Crippen molar-refractivity contribution >= 4 is 11.8 Å². The molecular formula is C14H24N4O2S. The Morgan fingerprint density at radius 2 is 2.29 bits per heavy atom. The lowest BCUT2D eigenvalue weighted by atomic mass is 9.93. The Hall–Kier alpha value is -0.630. The Bertz CT molecular complexity index is 485. The van der Waals surface area contributed by atoms with Crippen LogP contribution < -0.4 is 5.73 Å². The van der Waals surface area contributed by atoms with E-state index in [0.29, 0.717) is 17.8 Å². The lowest BCUT2D eigenvalue weighted by Crippen LogP contribution is -2.41. The fourth-order valence-electron chi connectivity index (χ4n) is 3.14. The third kappa shape index (κ3) is 3.11. The first-order chi connectivity index (χ1) is 10.1. The molecule has 0 radical (unpaired) electrons. The van der Waals surface area contributed by atoms with Crippen molar-refractivity contribution in [1.82, 2.24) is 14.8 Å². The maximum atomic E-state index is 6.00. The van der Waals surface area contributed by atoms with Crippen molar-refractivity contribution < 1.29 is 9.47 Å². The molecule has 1 aromatic heterocycles. The van der Waals surface area contributed by atoms with E-state index in [2.05, 4.69) is 28.6 Å². The quantitative estimate of drug-likeness (QED) is 0.913. The van der Waals surface area contributed by atoms with E-state index in [9.17, 15) is 0 Å². The van der Waals surface area contributed by atoms with Crippen LogP contribution in [0.2, 0.25) is 0 Å². The van der Waals surface area contributed by atoms with Crippen LogP contribution in [0.5, 0.6) is 0 Å². The highest BCUT2D eigenvalue weighted by atomic mass is 32.2. The number of nitrogens with zero attached hydrogens (tertiary/aromatic N) is 3. The molecule has 21 heavy (non-hydrogen) atoms. The molecule has 1 spiro atoms. The van der Waals surface area contributed by atoms with Crippen molar-refractivity contribution in [2.45, 2.75) is 61.7 Å². The van der Waals surface area contributed by atoms with Crippen LogP contribution in [0.4, 0.5) is 0 Å². The van der Waals surface area contributed by atoms with Gasteiger partial charge in [0.2, 0.25) is 0 Å². The normalized spacial score (nSPS) is 29.6. The third-order valence-corrected chi connectivity index (χ3v) is 5.45. The molecule has 2 unspecified atom stereocenters. The number of rotatable bonds is 4. The van der Waals surface area contributed by atoms with Crippen molar-refractivity contribution in [3.05, 3.63) is 5.82 Å². The van der Waals surface area contributed by atoms with Crippen molar-refractivity contribution in [3.8, 4) is 0 Å². The minimum atomic E-state index is -0.0602. The van der Waals surface area contributed by atoms with Gasteiger partial charge in [0.05, 0.1) is 18.8 Å². The Labute approximate surface area is 129 Å². The molecule has 0 amide bonds. The van der Waals surface area contributed by atoms with E-state index in [1.165, 1.54) is 0 Å². The van der Waals surface area contributed by atoms with E-state index in [-0.39, 0.29) is 5.60 Å². The molecule has 2 fully saturated rings. The van der Waals surface area contributed by atoms with E-state index >= 15 is 0 Å². The second-order valence-electron chi connectivity index (χ2n) is 6.13. The van der Waals surface area contributed by atoms with Gasteiger partial charge in [0.25, 0.3) is 0 Å². The van der Waals surface area contributed by atoms with E-state index in [0.717, 1.165) is 50.1 Å². The lowest BCUT2D eigenvalue weighted by Gasteiger charge is -2.36. The molecule has 0 aromatic carbocycles. The summed E-state index contributed by atoms with van der Waals surface area (Å²) in [5.41, 5.74) is 5.70. The highest BCUT2D eigenvalue weighted by Crippen LogP contribution is 2.40. The van der Waals surface area contributed by atoms with Crippen LogP contribution in [0.1, 0.15) is 45.0 Å². The number of hydrogen-bond acceptors (Lipinski definition) is 6. The minimum absolute atomic E-state index is 0.0602. The molecule has 6 nitrogen and oxygen atoms in total. The highest BCUT2D eigenvalue weighted by Gasteiger charge is 2.41. The largest absolute Gasteiger partial charge is 0.378 e. The maximum Gasteiger partial charge on any atom is 0.191 e. The zero-order valence-corrected chi connectivity index (χ0v) is 13.6. The number of aromatic nitrogens is 3. The third-order valence-electron chi connectivity index (χ3n) is 4.22. The Balaban J connectivity index is 1.73. The summed E-state index contributed by atoms with van der Waals surface area (Å²) < 4.78 is 13.7. The zero-order valence-electron chi connectivity index (χ0n) is 12.7. The Morgan fingerprint density at radius 1 is 1.43 bits per heavy atom. The lowest BCUT2D eigenvalue weighted by molar-refractivity contribution is -0.0770. The summed E-state index contributed by atoms with van der Waals surface area (Å²) in [5.74, 6) is 0.860. The summed E-state index contributed by atoms with van der Waals surface area (Å²) in [6.45, 7) is 7.06. The van der Waals surface area contributed by atoms with Crippen molar-refractivity contribution in [2.75, 3.05) is 19.8 Å². The maximum absolute atomic E-state index is 6.00. The highest BCUT2D eigenvalue weighted by molar-refractivity contribution is 7.99. The van der Waals surface area contributed by atoms with Gasteiger partial charge in [-0.05, 0) is 26.7 Å². The second kappa shape index (κ2) is 6.24. The number of ether oxygens (including phenoxy) is 2. The van der Waals surface area contributed by atoms with Crippen molar-refractivity contribution in [2.24, 2.45) is 5.73 Å². The molecule has 3 heterocycles.